The maximum Gasteiger partial charge on any atom is 4.00 e. The Kier molecular flexibility index (Phi) is 224. The molecule has 0 fully saturated rings. The summed E-state index contributed by atoms with van der Waals surface area (Å²) in [5.41, 5.74) is 0. The number of hydrogen-bond acceptors (Lipinski definition) is 0. The van der Waals surface area contributed by atoms with E-state index in [-0.39, 0.29) is 107 Å². The van der Waals surface area contributed by atoms with Gasteiger partial charge in [0.2, 0.25) is 0 Å². The molecule has 0 bridgehead atoms. The zero-order valence-electron chi connectivity index (χ0n) is 1.85. The maximum absolute atomic E-state index is 0. The van der Waals surface area contributed by atoms with Gasteiger partial charge in [-0.3, -0.25) is 0 Å². The second-order valence-electron chi connectivity index (χ2n) is 0. The van der Waals surface area contributed by atoms with E-state index in [1.54, 1.807) is 0 Å². The number of rotatable bonds is 0. The third kappa shape index (κ3) is 19.0. The summed E-state index contributed by atoms with van der Waals surface area (Å²) in [5.74, 6) is 0. The molecule has 0 aromatic rings. The molecule has 0 aromatic carbocycles. The van der Waals surface area contributed by atoms with E-state index in [1.807, 2.05) is 0 Å². The molecule has 1 radical (unpaired) electrons. The molecule has 0 heterocycles. The van der Waals surface area contributed by atoms with Gasteiger partial charge in [-0.2, -0.15) is 0 Å². The van der Waals surface area contributed by atoms with Gasteiger partial charge in [0.05, 0.1) is 0 Å². The van der Waals surface area contributed by atoms with Crippen LogP contribution in [0.4, 0.5) is 0 Å². The Morgan fingerprint density at radius 3 is 0.400 bits per heavy atom. The number of halogens is 4. The Hall–Kier alpha value is 3.21. The molecule has 0 aliphatic rings. The second kappa shape index (κ2) is 27.0. The molecule has 37 valence electrons. The van der Waals surface area contributed by atoms with Crippen molar-refractivity contribution in [3.05, 3.63) is 0 Å². The molecule has 0 rings (SSSR count). The fraction of sp³-hybridized carbons (Fsp3) is 0. The van der Waals surface area contributed by atoms with Crippen LogP contribution in [0.3, 0.4) is 0 Å². The first-order valence-corrected chi connectivity index (χ1v) is 0. The van der Waals surface area contributed by atoms with Crippen molar-refractivity contribution in [2.24, 2.45) is 0 Å². The summed E-state index contributed by atoms with van der Waals surface area (Å²) in [4.78, 5) is 0. The molecule has 0 spiro atoms. The fourth-order valence-electron chi connectivity index (χ4n) is 0. The summed E-state index contributed by atoms with van der Waals surface area (Å²) in [5, 5.41) is 0. The minimum Gasteiger partial charge on any atom is -1.00 e. The first kappa shape index (κ1) is 41.5. The van der Waals surface area contributed by atoms with Crippen LogP contribution in [0.2, 0.25) is 0 Å². The van der Waals surface area contributed by atoms with E-state index in [4.69, 9.17) is 0 Å². The summed E-state index contributed by atoms with van der Waals surface area (Å²) in [6.07, 6.45) is 0. The van der Waals surface area contributed by atoms with Gasteiger partial charge in [0, 0.05) is 0 Å². The average Bonchev–Trinajstić information content (AvgIpc) is 0. The quantitative estimate of drug-likeness (QED) is 0.325. The largest absolute Gasteiger partial charge is 4.00 e. The molecule has 5 heteroatoms. The van der Waals surface area contributed by atoms with Gasteiger partial charge in [0.25, 0.3) is 0 Å². The molecular weight excluding hydrogens is 479 g/mol. The predicted molar refractivity (Wildman–Crippen MR) is 0 cm³/mol. The Balaban J connectivity index is 0. The summed E-state index contributed by atoms with van der Waals surface area (Å²) in [6, 6.07) is 0. The Morgan fingerprint density at radius 2 is 0.400 bits per heavy atom. The molecule has 0 saturated heterocycles. The summed E-state index contributed by atoms with van der Waals surface area (Å²) in [6.45, 7) is 0. The van der Waals surface area contributed by atoms with E-state index in [1.165, 1.54) is 0 Å². The van der Waals surface area contributed by atoms with Crippen LogP contribution in [0.5, 0.6) is 0 Å². The van der Waals surface area contributed by atoms with Crippen molar-refractivity contribution in [1.29, 1.82) is 0 Å². The van der Waals surface area contributed by atoms with Crippen LogP contribution >= 0.6 is 0 Å². The smallest absolute Gasteiger partial charge is 1.00 e. The molecular formula is Br4Tb. The van der Waals surface area contributed by atoms with Gasteiger partial charge in [-0.05, 0) is 0 Å². The molecule has 0 N–H and O–H groups in total. The van der Waals surface area contributed by atoms with Crippen molar-refractivity contribution in [3.63, 3.8) is 0 Å². The van der Waals surface area contributed by atoms with E-state index < -0.39 is 0 Å². The van der Waals surface area contributed by atoms with Crippen LogP contribution in [0.1, 0.15) is 0 Å². The SMILES string of the molecule is [Br-].[Br-].[Br-].[Br-].[Tb+4]. The van der Waals surface area contributed by atoms with E-state index in [0.29, 0.717) is 0 Å². The van der Waals surface area contributed by atoms with Crippen LogP contribution in [-0.2, 0) is 0 Å². The molecule has 0 amide bonds. The van der Waals surface area contributed by atoms with Crippen LogP contribution < -0.4 is 67.9 Å². The molecule has 0 aliphatic carbocycles. The first-order chi connectivity index (χ1) is 0. The van der Waals surface area contributed by atoms with Crippen molar-refractivity contribution >= 4 is 0 Å². The van der Waals surface area contributed by atoms with Crippen molar-refractivity contribution < 1.29 is 107 Å². The Bertz CT molecular complexity index is 3.61. The van der Waals surface area contributed by atoms with E-state index >= 15 is 0 Å². The van der Waals surface area contributed by atoms with E-state index in [0.717, 1.165) is 0 Å². The topological polar surface area (TPSA) is 0 Å². The van der Waals surface area contributed by atoms with Crippen LogP contribution in [0.25, 0.3) is 0 Å². The van der Waals surface area contributed by atoms with Crippen LogP contribution in [0.15, 0.2) is 0 Å². The van der Waals surface area contributed by atoms with Gasteiger partial charge in [-0.15, -0.1) is 0 Å². The molecule has 0 aromatic heterocycles. The zero-order chi connectivity index (χ0) is 0. The van der Waals surface area contributed by atoms with Crippen molar-refractivity contribution in [3.8, 4) is 0 Å². The predicted octanol–water partition coefficient (Wildman–Crippen LogP) is -12.0. The monoisotopic (exact) mass is 475 g/mol. The van der Waals surface area contributed by atoms with Crippen LogP contribution in [-0.4, -0.2) is 0 Å². The molecule has 0 aliphatic heterocycles. The van der Waals surface area contributed by atoms with E-state index in [2.05, 4.69) is 0 Å². The second-order valence-corrected chi connectivity index (χ2v) is 0. The summed E-state index contributed by atoms with van der Waals surface area (Å²) >= 11 is 0. The standard InChI is InChI=1S/4BrH.Tb/h4*1H;/q;;;;+4/p-4. The van der Waals surface area contributed by atoms with E-state index in [9.17, 15) is 0 Å². The minimum atomic E-state index is 0. The van der Waals surface area contributed by atoms with Gasteiger partial charge < -0.3 is 67.9 Å². The Labute approximate surface area is 104 Å². The first-order valence-electron chi connectivity index (χ1n) is 0. The van der Waals surface area contributed by atoms with Crippen molar-refractivity contribution in [2.75, 3.05) is 0 Å². The third-order valence-electron chi connectivity index (χ3n) is 0. The van der Waals surface area contributed by atoms with Crippen molar-refractivity contribution in [2.45, 2.75) is 0 Å². The molecule has 0 atom stereocenters. The van der Waals surface area contributed by atoms with Gasteiger partial charge in [0.1, 0.15) is 0 Å². The normalized spacial score (nSPS) is 0. The summed E-state index contributed by atoms with van der Waals surface area (Å²) in [7, 11) is 0. The van der Waals surface area contributed by atoms with Gasteiger partial charge >= 0.3 is 38.6 Å². The van der Waals surface area contributed by atoms with Gasteiger partial charge in [-0.1, -0.05) is 0 Å². The maximum atomic E-state index is 0. The summed E-state index contributed by atoms with van der Waals surface area (Å²) < 4.78 is 0. The zero-order valence-corrected chi connectivity index (χ0v) is 10.3. The average molecular weight is 479 g/mol. The van der Waals surface area contributed by atoms with Crippen molar-refractivity contribution in [1.82, 2.24) is 0 Å². The fourth-order valence-corrected chi connectivity index (χ4v) is 0. The molecule has 5 heavy (non-hydrogen) atoms. The minimum absolute atomic E-state index is 0. The molecule has 0 unspecified atom stereocenters. The molecule has 0 saturated carbocycles. The van der Waals surface area contributed by atoms with Gasteiger partial charge in [0.15, 0.2) is 0 Å². The Morgan fingerprint density at radius 1 is 0.400 bits per heavy atom. The molecule has 0 nitrogen and oxygen atoms in total. The number of hydrogen-bond donors (Lipinski definition) is 0. The van der Waals surface area contributed by atoms with Crippen LogP contribution in [0, 0.1) is 38.6 Å². The van der Waals surface area contributed by atoms with Gasteiger partial charge in [-0.25, -0.2) is 0 Å². The third-order valence-corrected chi connectivity index (χ3v) is 0.